The molecule has 0 bridgehead atoms. The van der Waals surface area contributed by atoms with Gasteiger partial charge in [-0.25, -0.2) is 4.68 Å². The molecule has 2 rings (SSSR count). The normalized spacial score (nSPS) is 10.9. The molecule has 0 spiro atoms. The molecular formula is C14H17N3O2. The van der Waals surface area contributed by atoms with Crippen LogP contribution in [0.3, 0.4) is 0 Å². The van der Waals surface area contributed by atoms with E-state index in [0.29, 0.717) is 30.2 Å². The van der Waals surface area contributed by atoms with E-state index in [4.69, 9.17) is 4.74 Å². The van der Waals surface area contributed by atoms with Crippen LogP contribution in [-0.4, -0.2) is 28.4 Å². The highest BCUT2D eigenvalue weighted by Gasteiger charge is 2.13. The maximum absolute atomic E-state index is 10.9. The number of carbonyl (C=O) groups is 1. The number of benzene rings is 1. The molecule has 0 N–H and O–H groups in total. The van der Waals surface area contributed by atoms with Crippen molar-refractivity contribution in [1.29, 1.82) is 0 Å². The highest BCUT2D eigenvalue weighted by atomic mass is 16.5. The quantitative estimate of drug-likeness (QED) is 0.773. The van der Waals surface area contributed by atoms with Crippen LogP contribution < -0.4 is 0 Å². The molecule has 0 fully saturated rings. The Hall–Kier alpha value is -2.01. The summed E-state index contributed by atoms with van der Waals surface area (Å²) in [5.41, 5.74) is 3.11. The van der Waals surface area contributed by atoms with Gasteiger partial charge in [0.15, 0.2) is 12.0 Å². The predicted octanol–water partition coefficient (Wildman–Crippen LogP) is 2.35. The first kappa shape index (κ1) is 13.4. The molecule has 0 saturated carbocycles. The van der Waals surface area contributed by atoms with E-state index in [1.165, 1.54) is 5.56 Å². The Balaban J connectivity index is 2.40. The Morgan fingerprint density at radius 3 is 2.53 bits per heavy atom. The number of aromatic nitrogens is 3. The van der Waals surface area contributed by atoms with E-state index in [1.807, 2.05) is 12.1 Å². The van der Waals surface area contributed by atoms with E-state index in [9.17, 15) is 4.79 Å². The Morgan fingerprint density at radius 1 is 1.32 bits per heavy atom. The maximum atomic E-state index is 10.9. The van der Waals surface area contributed by atoms with Crippen LogP contribution >= 0.6 is 0 Å². The second kappa shape index (κ2) is 5.75. The molecule has 5 heteroatoms. The van der Waals surface area contributed by atoms with Gasteiger partial charge in [-0.2, -0.15) is 0 Å². The van der Waals surface area contributed by atoms with E-state index >= 15 is 0 Å². The summed E-state index contributed by atoms with van der Waals surface area (Å²) in [6.07, 6.45) is 0.695. The fourth-order valence-corrected chi connectivity index (χ4v) is 1.88. The molecule has 0 saturated heterocycles. The van der Waals surface area contributed by atoms with Crippen molar-refractivity contribution in [2.24, 2.45) is 0 Å². The minimum Gasteiger partial charge on any atom is -0.378 e. The van der Waals surface area contributed by atoms with Gasteiger partial charge in [-0.3, -0.25) is 4.79 Å². The van der Waals surface area contributed by atoms with Crippen molar-refractivity contribution in [3.8, 4) is 5.69 Å². The number of hydrogen-bond donors (Lipinski definition) is 0. The number of rotatable bonds is 5. The Morgan fingerprint density at radius 2 is 2.00 bits per heavy atom. The predicted molar refractivity (Wildman–Crippen MR) is 71.5 cm³/mol. The van der Waals surface area contributed by atoms with Crippen molar-refractivity contribution in [1.82, 2.24) is 15.0 Å². The first-order chi connectivity index (χ1) is 9.17. The van der Waals surface area contributed by atoms with Crippen LogP contribution in [0.25, 0.3) is 5.69 Å². The van der Waals surface area contributed by atoms with Crippen molar-refractivity contribution in [3.63, 3.8) is 0 Å². The lowest BCUT2D eigenvalue weighted by Crippen LogP contribution is -2.05. The summed E-state index contributed by atoms with van der Waals surface area (Å²) < 4.78 is 6.73. The van der Waals surface area contributed by atoms with Crippen molar-refractivity contribution < 1.29 is 9.53 Å². The third-order valence-electron chi connectivity index (χ3n) is 2.99. The van der Waals surface area contributed by atoms with Gasteiger partial charge in [-0.15, -0.1) is 5.10 Å². The number of nitrogens with zero attached hydrogens (tertiary/aromatic N) is 3. The first-order valence-corrected chi connectivity index (χ1v) is 6.16. The lowest BCUT2D eigenvalue weighted by Gasteiger charge is -2.09. The lowest BCUT2D eigenvalue weighted by molar-refractivity contribution is 0.111. The van der Waals surface area contributed by atoms with Gasteiger partial charge in [-0.05, 0) is 23.6 Å². The van der Waals surface area contributed by atoms with Gasteiger partial charge >= 0.3 is 0 Å². The smallest absolute Gasteiger partial charge is 0.172 e. The highest BCUT2D eigenvalue weighted by molar-refractivity contribution is 5.73. The molecule has 1 aromatic heterocycles. The molecule has 1 aromatic carbocycles. The summed E-state index contributed by atoms with van der Waals surface area (Å²) in [6, 6.07) is 8.05. The van der Waals surface area contributed by atoms with Crippen LogP contribution in [0.1, 0.15) is 41.5 Å². The molecule has 19 heavy (non-hydrogen) atoms. The molecule has 0 aliphatic carbocycles. The fraction of sp³-hybridized carbons (Fsp3) is 0.357. The van der Waals surface area contributed by atoms with Crippen molar-refractivity contribution in [2.45, 2.75) is 26.4 Å². The van der Waals surface area contributed by atoms with Crippen LogP contribution in [0.4, 0.5) is 0 Å². The van der Waals surface area contributed by atoms with Crippen LogP contribution in [0.15, 0.2) is 24.3 Å². The maximum Gasteiger partial charge on any atom is 0.172 e. The van der Waals surface area contributed by atoms with Gasteiger partial charge in [-0.1, -0.05) is 31.2 Å². The van der Waals surface area contributed by atoms with Gasteiger partial charge in [0.2, 0.25) is 0 Å². The van der Waals surface area contributed by atoms with Gasteiger partial charge < -0.3 is 4.74 Å². The standard InChI is InChI=1S/C14H17N3O2/c1-10(2)11-4-6-12(7-5-11)17-14(9-19-3)13(8-18)15-16-17/h4-8,10H,9H2,1-3H3. The number of carbonyl (C=O) groups excluding carboxylic acids is 1. The zero-order valence-electron chi connectivity index (χ0n) is 11.3. The summed E-state index contributed by atoms with van der Waals surface area (Å²) in [6.45, 7) is 4.59. The van der Waals surface area contributed by atoms with E-state index in [1.54, 1.807) is 11.8 Å². The van der Waals surface area contributed by atoms with Gasteiger partial charge in [0.25, 0.3) is 0 Å². The summed E-state index contributed by atoms with van der Waals surface area (Å²) in [7, 11) is 1.58. The molecule has 0 atom stereocenters. The Labute approximate surface area is 112 Å². The SMILES string of the molecule is COCc1c(C=O)nnn1-c1ccc(C(C)C)cc1. The monoisotopic (exact) mass is 259 g/mol. The van der Waals surface area contributed by atoms with E-state index in [2.05, 4.69) is 36.3 Å². The average Bonchev–Trinajstić information content (AvgIpc) is 2.82. The molecule has 0 radical (unpaired) electrons. The largest absolute Gasteiger partial charge is 0.378 e. The number of hydrogen-bond acceptors (Lipinski definition) is 4. The molecule has 0 aliphatic heterocycles. The van der Waals surface area contributed by atoms with E-state index in [0.717, 1.165) is 5.69 Å². The van der Waals surface area contributed by atoms with Crippen LogP contribution in [0, 0.1) is 0 Å². The minimum absolute atomic E-state index is 0.299. The molecule has 100 valence electrons. The Kier molecular flexibility index (Phi) is 4.06. The van der Waals surface area contributed by atoms with Crippen molar-refractivity contribution in [3.05, 3.63) is 41.2 Å². The number of ether oxygens (including phenoxy) is 1. The van der Waals surface area contributed by atoms with Gasteiger partial charge in [0.1, 0.15) is 5.69 Å². The molecule has 0 amide bonds. The van der Waals surface area contributed by atoms with E-state index < -0.39 is 0 Å². The van der Waals surface area contributed by atoms with Gasteiger partial charge in [0, 0.05) is 7.11 Å². The van der Waals surface area contributed by atoms with Crippen LogP contribution in [0.5, 0.6) is 0 Å². The number of methoxy groups -OCH3 is 1. The molecular weight excluding hydrogens is 242 g/mol. The molecule has 1 heterocycles. The molecule has 0 unspecified atom stereocenters. The third kappa shape index (κ3) is 2.71. The molecule has 5 nitrogen and oxygen atoms in total. The summed E-state index contributed by atoms with van der Waals surface area (Å²) in [5.74, 6) is 0.480. The summed E-state index contributed by atoms with van der Waals surface area (Å²) in [4.78, 5) is 10.9. The minimum atomic E-state index is 0.299. The fourth-order valence-electron chi connectivity index (χ4n) is 1.88. The summed E-state index contributed by atoms with van der Waals surface area (Å²) in [5, 5.41) is 7.86. The van der Waals surface area contributed by atoms with Crippen molar-refractivity contribution >= 4 is 6.29 Å². The second-order valence-electron chi connectivity index (χ2n) is 4.63. The zero-order valence-corrected chi connectivity index (χ0v) is 11.3. The molecule has 0 aliphatic rings. The third-order valence-corrected chi connectivity index (χ3v) is 2.99. The van der Waals surface area contributed by atoms with Crippen LogP contribution in [0.2, 0.25) is 0 Å². The highest BCUT2D eigenvalue weighted by Crippen LogP contribution is 2.18. The van der Waals surface area contributed by atoms with Crippen LogP contribution in [-0.2, 0) is 11.3 Å². The average molecular weight is 259 g/mol. The molecule has 2 aromatic rings. The zero-order chi connectivity index (χ0) is 13.8. The topological polar surface area (TPSA) is 57.0 Å². The summed E-state index contributed by atoms with van der Waals surface area (Å²) >= 11 is 0. The first-order valence-electron chi connectivity index (χ1n) is 6.16. The van der Waals surface area contributed by atoms with Gasteiger partial charge in [0.05, 0.1) is 12.3 Å². The second-order valence-corrected chi connectivity index (χ2v) is 4.63. The van der Waals surface area contributed by atoms with Crippen molar-refractivity contribution in [2.75, 3.05) is 7.11 Å². The number of aldehydes is 1. The van der Waals surface area contributed by atoms with E-state index in [-0.39, 0.29) is 0 Å². The lowest BCUT2D eigenvalue weighted by atomic mass is 10.0. The Bertz CT molecular complexity index is 559.